The molecular weight excluding hydrogens is 358 g/mol. The Morgan fingerprint density at radius 3 is 2.39 bits per heavy atom. The van der Waals surface area contributed by atoms with Gasteiger partial charge < -0.3 is 14.8 Å². The first-order valence-electron chi connectivity index (χ1n) is 8.96. The number of ether oxygens (including phenoxy) is 2. The predicted octanol–water partition coefficient (Wildman–Crippen LogP) is 3.05. The van der Waals surface area contributed by atoms with Crippen LogP contribution in [-0.2, 0) is 22.6 Å². The Kier molecular flexibility index (Phi) is 8.52. The minimum Gasteiger partial charge on any atom is -0.497 e. The second-order valence-corrected chi connectivity index (χ2v) is 6.15. The summed E-state index contributed by atoms with van der Waals surface area (Å²) in [6.07, 6.45) is 0.186. The number of hydrazone groups is 1. The SMILES string of the molecule is COc1ccc(COC(=O)NN=C(C)CC(=O)NCCc2ccccc2)cc1. The van der Waals surface area contributed by atoms with Crippen molar-refractivity contribution in [3.63, 3.8) is 0 Å². The van der Waals surface area contributed by atoms with Crippen LogP contribution >= 0.6 is 0 Å². The summed E-state index contributed by atoms with van der Waals surface area (Å²) in [6, 6.07) is 17.1. The van der Waals surface area contributed by atoms with Gasteiger partial charge in [0.1, 0.15) is 12.4 Å². The minimum absolute atomic E-state index is 0.105. The summed E-state index contributed by atoms with van der Waals surface area (Å²) in [6.45, 7) is 2.33. The highest BCUT2D eigenvalue weighted by molar-refractivity contribution is 6.00. The van der Waals surface area contributed by atoms with E-state index in [0.29, 0.717) is 12.3 Å². The Morgan fingerprint density at radius 2 is 1.71 bits per heavy atom. The van der Waals surface area contributed by atoms with Gasteiger partial charge in [-0.25, -0.2) is 10.2 Å². The average molecular weight is 383 g/mol. The molecule has 2 aromatic rings. The maximum absolute atomic E-state index is 11.9. The molecule has 0 spiro atoms. The van der Waals surface area contributed by atoms with Crippen LogP contribution in [0.25, 0.3) is 0 Å². The van der Waals surface area contributed by atoms with Gasteiger partial charge in [-0.1, -0.05) is 42.5 Å². The first-order chi connectivity index (χ1) is 13.6. The zero-order valence-corrected chi connectivity index (χ0v) is 16.1. The van der Waals surface area contributed by atoms with Gasteiger partial charge in [0.2, 0.25) is 5.91 Å². The first-order valence-corrected chi connectivity index (χ1v) is 8.96. The molecule has 7 nitrogen and oxygen atoms in total. The van der Waals surface area contributed by atoms with Crippen molar-refractivity contribution >= 4 is 17.7 Å². The second-order valence-electron chi connectivity index (χ2n) is 6.15. The summed E-state index contributed by atoms with van der Waals surface area (Å²) >= 11 is 0. The number of hydrogen-bond acceptors (Lipinski definition) is 5. The van der Waals surface area contributed by atoms with Gasteiger partial charge in [-0.2, -0.15) is 5.10 Å². The van der Waals surface area contributed by atoms with Crippen molar-refractivity contribution in [3.05, 3.63) is 65.7 Å². The van der Waals surface area contributed by atoms with Crippen LogP contribution in [0.4, 0.5) is 4.79 Å². The molecule has 0 bridgehead atoms. The van der Waals surface area contributed by atoms with E-state index in [4.69, 9.17) is 9.47 Å². The van der Waals surface area contributed by atoms with Crippen molar-refractivity contribution in [3.8, 4) is 5.75 Å². The quantitative estimate of drug-likeness (QED) is 0.514. The molecule has 2 rings (SSSR count). The molecule has 0 fully saturated rings. The number of benzene rings is 2. The first kappa shape index (κ1) is 21.0. The van der Waals surface area contributed by atoms with Crippen LogP contribution < -0.4 is 15.5 Å². The van der Waals surface area contributed by atoms with E-state index >= 15 is 0 Å². The minimum atomic E-state index is -0.681. The zero-order valence-electron chi connectivity index (χ0n) is 16.1. The molecule has 0 aliphatic heterocycles. The molecule has 0 aliphatic rings. The van der Waals surface area contributed by atoms with Gasteiger partial charge in [0.25, 0.3) is 0 Å². The van der Waals surface area contributed by atoms with Crippen molar-refractivity contribution < 1.29 is 19.1 Å². The Morgan fingerprint density at radius 1 is 1.00 bits per heavy atom. The molecule has 28 heavy (non-hydrogen) atoms. The van der Waals surface area contributed by atoms with E-state index < -0.39 is 6.09 Å². The molecule has 2 N–H and O–H groups in total. The summed E-state index contributed by atoms with van der Waals surface area (Å²) < 4.78 is 10.1. The van der Waals surface area contributed by atoms with Gasteiger partial charge in [0.05, 0.1) is 13.5 Å². The fourth-order valence-electron chi connectivity index (χ4n) is 2.37. The molecule has 0 saturated carbocycles. The normalized spacial score (nSPS) is 10.9. The van der Waals surface area contributed by atoms with Gasteiger partial charge in [-0.15, -0.1) is 0 Å². The van der Waals surface area contributed by atoms with Crippen LogP contribution in [0.3, 0.4) is 0 Å². The molecule has 0 aliphatic carbocycles. The molecule has 148 valence electrons. The number of rotatable bonds is 9. The van der Waals surface area contributed by atoms with E-state index in [-0.39, 0.29) is 18.9 Å². The van der Waals surface area contributed by atoms with Gasteiger partial charge in [-0.3, -0.25) is 4.79 Å². The average Bonchev–Trinajstić information content (AvgIpc) is 2.72. The topological polar surface area (TPSA) is 89.0 Å². The molecule has 2 aromatic carbocycles. The van der Waals surface area contributed by atoms with Crippen molar-refractivity contribution in [2.45, 2.75) is 26.4 Å². The monoisotopic (exact) mass is 383 g/mol. The van der Waals surface area contributed by atoms with Crippen LogP contribution in [0.1, 0.15) is 24.5 Å². The molecule has 0 heterocycles. The molecule has 7 heteroatoms. The number of carbonyl (C=O) groups excluding carboxylic acids is 2. The van der Waals surface area contributed by atoms with Crippen molar-refractivity contribution in [1.82, 2.24) is 10.7 Å². The number of carbonyl (C=O) groups is 2. The number of amides is 2. The Labute approximate surface area is 164 Å². The predicted molar refractivity (Wildman–Crippen MR) is 107 cm³/mol. The third-order valence-corrected chi connectivity index (χ3v) is 3.86. The molecule has 0 aromatic heterocycles. The summed E-state index contributed by atoms with van der Waals surface area (Å²) in [5.74, 6) is 0.584. The van der Waals surface area contributed by atoms with Crippen molar-refractivity contribution in [2.24, 2.45) is 5.10 Å². The van der Waals surface area contributed by atoms with E-state index in [0.717, 1.165) is 23.3 Å². The van der Waals surface area contributed by atoms with E-state index in [9.17, 15) is 9.59 Å². The van der Waals surface area contributed by atoms with Crippen LogP contribution in [0.5, 0.6) is 5.75 Å². The highest BCUT2D eigenvalue weighted by Gasteiger charge is 2.06. The highest BCUT2D eigenvalue weighted by atomic mass is 16.6. The number of methoxy groups -OCH3 is 1. The van der Waals surface area contributed by atoms with E-state index in [2.05, 4.69) is 15.8 Å². The third-order valence-electron chi connectivity index (χ3n) is 3.86. The summed E-state index contributed by atoms with van der Waals surface area (Å²) in [5.41, 5.74) is 4.76. The molecule has 0 radical (unpaired) electrons. The lowest BCUT2D eigenvalue weighted by molar-refractivity contribution is -0.119. The lowest BCUT2D eigenvalue weighted by atomic mass is 10.1. The van der Waals surface area contributed by atoms with E-state index in [1.54, 1.807) is 38.3 Å². The van der Waals surface area contributed by atoms with Gasteiger partial charge in [0.15, 0.2) is 0 Å². The maximum atomic E-state index is 11.9. The smallest absolute Gasteiger partial charge is 0.428 e. The standard InChI is InChI=1S/C21H25N3O4/c1-16(14-20(25)22-13-12-17-6-4-3-5-7-17)23-24-21(26)28-15-18-8-10-19(27-2)11-9-18/h3-11H,12-15H2,1-2H3,(H,22,25)(H,24,26). The van der Waals surface area contributed by atoms with Gasteiger partial charge >= 0.3 is 6.09 Å². The molecular formula is C21H25N3O4. The van der Waals surface area contributed by atoms with Crippen LogP contribution in [0.15, 0.2) is 59.7 Å². The Hall–Kier alpha value is -3.35. The zero-order chi connectivity index (χ0) is 20.2. The lowest BCUT2D eigenvalue weighted by Gasteiger charge is -2.07. The maximum Gasteiger partial charge on any atom is 0.428 e. The van der Waals surface area contributed by atoms with Crippen LogP contribution in [-0.4, -0.2) is 31.4 Å². The second kappa shape index (κ2) is 11.4. The van der Waals surface area contributed by atoms with E-state index in [1.165, 1.54) is 0 Å². The Balaban J connectivity index is 1.64. The molecule has 0 unspecified atom stereocenters. The van der Waals surface area contributed by atoms with Crippen molar-refractivity contribution in [1.29, 1.82) is 0 Å². The number of nitrogens with one attached hydrogen (secondary N) is 2. The summed E-state index contributed by atoms with van der Waals surface area (Å²) in [5, 5.41) is 6.71. The lowest BCUT2D eigenvalue weighted by Crippen LogP contribution is -2.28. The van der Waals surface area contributed by atoms with Crippen LogP contribution in [0, 0.1) is 0 Å². The molecule has 0 atom stereocenters. The van der Waals surface area contributed by atoms with Gasteiger partial charge in [0, 0.05) is 12.3 Å². The van der Waals surface area contributed by atoms with Crippen molar-refractivity contribution in [2.75, 3.05) is 13.7 Å². The van der Waals surface area contributed by atoms with Crippen LogP contribution in [0.2, 0.25) is 0 Å². The largest absolute Gasteiger partial charge is 0.497 e. The highest BCUT2D eigenvalue weighted by Crippen LogP contribution is 2.11. The molecule has 0 saturated heterocycles. The molecule has 2 amide bonds. The Bertz CT molecular complexity index is 789. The fraction of sp³-hybridized carbons (Fsp3) is 0.286. The summed E-state index contributed by atoms with van der Waals surface area (Å²) in [4.78, 5) is 23.6. The number of nitrogens with zero attached hydrogens (tertiary/aromatic N) is 1. The number of hydrogen-bond donors (Lipinski definition) is 2. The third kappa shape index (κ3) is 7.90. The van der Waals surface area contributed by atoms with Gasteiger partial charge in [-0.05, 0) is 36.6 Å². The fourth-order valence-corrected chi connectivity index (χ4v) is 2.37. The van der Waals surface area contributed by atoms with E-state index in [1.807, 2.05) is 30.3 Å². The summed E-state index contributed by atoms with van der Waals surface area (Å²) in [7, 11) is 1.59.